The van der Waals surface area contributed by atoms with E-state index >= 15 is 0 Å². The molecule has 0 saturated carbocycles. The van der Waals surface area contributed by atoms with E-state index in [1.54, 1.807) is 6.07 Å². The van der Waals surface area contributed by atoms with Gasteiger partial charge in [0.15, 0.2) is 0 Å². The molecule has 0 radical (unpaired) electrons. The summed E-state index contributed by atoms with van der Waals surface area (Å²) in [7, 11) is 1.21. The molecule has 0 aliphatic heterocycles. The molecule has 0 atom stereocenters. The lowest BCUT2D eigenvalue weighted by atomic mass is 10.1. The number of aromatic amines is 1. The Kier molecular flexibility index (Phi) is 5.95. The second-order valence-electron chi connectivity index (χ2n) is 6.38. The van der Waals surface area contributed by atoms with Crippen molar-refractivity contribution in [3.05, 3.63) is 58.9 Å². The quantitative estimate of drug-likeness (QED) is 0.584. The number of aromatic nitrogens is 2. The number of imidazole rings is 1. The Morgan fingerprint density at radius 3 is 2.60 bits per heavy atom. The Morgan fingerprint density at radius 1 is 1.20 bits per heavy atom. The summed E-state index contributed by atoms with van der Waals surface area (Å²) in [5.74, 6) is -0.843. The Bertz CT molecular complexity index is 1090. The van der Waals surface area contributed by atoms with Crippen LogP contribution in [0.3, 0.4) is 0 Å². The summed E-state index contributed by atoms with van der Waals surface area (Å²) in [5, 5.41) is 2.90. The first-order valence-corrected chi connectivity index (χ1v) is 8.82. The molecule has 0 unspecified atom stereocenters. The van der Waals surface area contributed by atoms with Gasteiger partial charge in [-0.25, -0.2) is 9.78 Å². The van der Waals surface area contributed by atoms with Crippen LogP contribution in [0, 0.1) is 0 Å². The molecule has 0 aliphatic rings. The molecule has 7 nitrogen and oxygen atoms in total. The molecule has 2 N–H and O–H groups in total. The zero-order valence-corrected chi connectivity index (χ0v) is 16.1. The van der Waals surface area contributed by atoms with Gasteiger partial charge in [0.2, 0.25) is 0 Å². The van der Waals surface area contributed by atoms with Crippen LogP contribution in [0.25, 0.3) is 11.0 Å². The molecule has 0 fully saturated rings. The minimum atomic E-state index is -4.48. The zero-order valence-electron chi connectivity index (χ0n) is 16.1. The highest BCUT2D eigenvalue weighted by Crippen LogP contribution is 2.32. The van der Waals surface area contributed by atoms with Crippen LogP contribution in [0.2, 0.25) is 0 Å². The predicted octanol–water partition coefficient (Wildman–Crippen LogP) is 4.04. The molecule has 0 saturated heterocycles. The summed E-state index contributed by atoms with van der Waals surface area (Å²) in [4.78, 5) is 30.4. The topological polar surface area (TPSA) is 93.3 Å². The lowest BCUT2D eigenvalue weighted by molar-refractivity contribution is -0.142. The number of nitrogens with zero attached hydrogens (tertiary/aromatic N) is 1. The predicted molar refractivity (Wildman–Crippen MR) is 102 cm³/mol. The first kappa shape index (κ1) is 21.2. The van der Waals surface area contributed by atoms with E-state index in [1.807, 2.05) is 0 Å². The lowest BCUT2D eigenvalue weighted by Gasteiger charge is -2.14. The molecular formula is C20H18F3N3O4. The van der Waals surface area contributed by atoms with Crippen LogP contribution < -0.4 is 5.32 Å². The fourth-order valence-corrected chi connectivity index (χ4v) is 2.92. The number of fused-ring (bicyclic) bond motifs is 1. The first-order chi connectivity index (χ1) is 14.2. The average molecular weight is 421 g/mol. The summed E-state index contributed by atoms with van der Waals surface area (Å²) >= 11 is 0. The number of benzene rings is 2. The average Bonchev–Trinajstić information content (AvgIpc) is 3.12. The van der Waals surface area contributed by atoms with Crippen molar-refractivity contribution in [3.63, 3.8) is 0 Å². The molecule has 0 aliphatic carbocycles. The van der Waals surface area contributed by atoms with E-state index in [2.05, 4.69) is 15.3 Å². The molecular weight excluding hydrogens is 403 g/mol. The van der Waals surface area contributed by atoms with E-state index in [-0.39, 0.29) is 24.3 Å². The van der Waals surface area contributed by atoms with Crippen molar-refractivity contribution in [1.82, 2.24) is 9.97 Å². The Balaban J connectivity index is 1.93. The normalized spacial score (nSPS) is 11.4. The van der Waals surface area contributed by atoms with Crippen molar-refractivity contribution in [2.75, 3.05) is 12.4 Å². The first-order valence-electron chi connectivity index (χ1n) is 8.82. The maximum Gasteiger partial charge on any atom is 0.416 e. The van der Waals surface area contributed by atoms with Gasteiger partial charge in [0.1, 0.15) is 17.9 Å². The van der Waals surface area contributed by atoms with Gasteiger partial charge in [-0.15, -0.1) is 0 Å². The molecule has 0 spiro atoms. The van der Waals surface area contributed by atoms with E-state index in [9.17, 15) is 22.8 Å². The lowest BCUT2D eigenvalue weighted by Crippen LogP contribution is -2.12. The second-order valence-corrected chi connectivity index (χ2v) is 6.38. The molecule has 0 bridgehead atoms. The number of carbonyl (C=O) groups excluding carboxylic acids is 2. The van der Waals surface area contributed by atoms with Gasteiger partial charge in [-0.3, -0.25) is 4.79 Å². The number of anilines is 1. The van der Waals surface area contributed by atoms with Gasteiger partial charge in [-0.1, -0.05) is 18.2 Å². The van der Waals surface area contributed by atoms with Gasteiger partial charge in [0, 0.05) is 19.2 Å². The van der Waals surface area contributed by atoms with E-state index in [1.165, 1.54) is 38.3 Å². The molecule has 10 heteroatoms. The number of halogens is 3. The SMILES string of the molecule is COC(=O)c1cc(NCc2ccccc2C(F)(F)F)cc2[nH]c(COC(C)=O)nc12. The summed E-state index contributed by atoms with van der Waals surface area (Å²) in [5.41, 5.74) is 0.563. The number of hydrogen-bond acceptors (Lipinski definition) is 6. The van der Waals surface area contributed by atoms with Gasteiger partial charge in [0.25, 0.3) is 0 Å². The van der Waals surface area contributed by atoms with Crippen molar-refractivity contribution in [3.8, 4) is 0 Å². The molecule has 30 heavy (non-hydrogen) atoms. The highest BCUT2D eigenvalue weighted by atomic mass is 19.4. The Labute approximate surface area is 169 Å². The number of nitrogens with one attached hydrogen (secondary N) is 2. The number of ether oxygens (including phenoxy) is 2. The van der Waals surface area contributed by atoms with Gasteiger partial charge in [-0.05, 0) is 23.8 Å². The number of H-pyrrole nitrogens is 1. The maximum absolute atomic E-state index is 13.2. The molecule has 1 aromatic heterocycles. The van der Waals surface area contributed by atoms with Gasteiger partial charge < -0.3 is 19.8 Å². The molecule has 3 aromatic rings. The number of methoxy groups -OCH3 is 1. The van der Waals surface area contributed by atoms with Crippen LogP contribution in [-0.4, -0.2) is 29.0 Å². The zero-order chi connectivity index (χ0) is 21.9. The largest absolute Gasteiger partial charge is 0.465 e. The number of rotatable bonds is 6. The maximum atomic E-state index is 13.2. The third-order valence-corrected chi connectivity index (χ3v) is 4.26. The highest BCUT2D eigenvalue weighted by Gasteiger charge is 2.32. The van der Waals surface area contributed by atoms with Crippen LogP contribution in [0.5, 0.6) is 0 Å². The molecule has 1 heterocycles. The molecule has 0 amide bonds. The smallest absolute Gasteiger partial charge is 0.416 e. The highest BCUT2D eigenvalue weighted by molar-refractivity contribution is 6.03. The van der Waals surface area contributed by atoms with Gasteiger partial charge in [0.05, 0.1) is 23.8 Å². The second kappa shape index (κ2) is 8.44. The number of hydrogen-bond donors (Lipinski definition) is 2. The third kappa shape index (κ3) is 4.70. The van der Waals surface area contributed by atoms with Crippen LogP contribution in [-0.2, 0) is 33.6 Å². The fraction of sp³-hybridized carbons (Fsp3) is 0.250. The molecule has 3 rings (SSSR count). The summed E-state index contributed by atoms with van der Waals surface area (Å²) in [6.07, 6.45) is -4.48. The van der Waals surface area contributed by atoms with Crippen LogP contribution >= 0.6 is 0 Å². The standard InChI is InChI=1S/C20H18F3N3O4/c1-11(27)30-10-17-25-16-8-13(7-14(18(16)26-17)19(28)29-2)24-9-12-5-3-4-6-15(12)20(21,22)23/h3-8,24H,9-10H2,1-2H3,(H,25,26). The van der Waals surface area contributed by atoms with Gasteiger partial charge >= 0.3 is 18.1 Å². The van der Waals surface area contributed by atoms with Crippen molar-refractivity contribution in [2.24, 2.45) is 0 Å². The fourth-order valence-electron chi connectivity index (χ4n) is 2.92. The summed E-state index contributed by atoms with van der Waals surface area (Å²) in [6, 6.07) is 8.27. The summed E-state index contributed by atoms with van der Waals surface area (Å²) in [6.45, 7) is 1.02. The number of carbonyl (C=O) groups is 2. The van der Waals surface area contributed by atoms with E-state index in [0.29, 0.717) is 22.5 Å². The number of esters is 2. The monoisotopic (exact) mass is 421 g/mol. The third-order valence-electron chi connectivity index (χ3n) is 4.26. The van der Waals surface area contributed by atoms with Crippen molar-refractivity contribution >= 4 is 28.7 Å². The summed E-state index contributed by atoms with van der Waals surface area (Å²) < 4.78 is 49.2. The molecule has 158 valence electrons. The van der Waals surface area contributed by atoms with Crippen LogP contribution in [0.4, 0.5) is 18.9 Å². The van der Waals surface area contributed by atoms with E-state index in [0.717, 1.165) is 6.07 Å². The van der Waals surface area contributed by atoms with Crippen LogP contribution in [0.1, 0.15) is 34.2 Å². The van der Waals surface area contributed by atoms with Crippen molar-refractivity contribution in [2.45, 2.75) is 26.3 Å². The van der Waals surface area contributed by atoms with Gasteiger partial charge in [-0.2, -0.15) is 13.2 Å². The minimum Gasteiger partial charge on any atom is -0.465 e. The van der Waals surface area contributed by atoms with Crippen LogP contribution in [0.15, 0.2) is 36.4 Å². The Hall–Kier alpha value is -3.56. The number of alkyl halides is 3. The van der Waals surface area contributed by atoms with Crippen molar-refractivity contribution < 1.29 is 32.2 Å². The minimum absolute atomic E-state index is 0.0601. The van der Waals surface area contributed by atoms with E-state index < -0.39 is 23.7 Å². The molecule has 2 aromatic carbocycles. The Morgan fingerprint density at radius 2 is 1.93 bits per heavy atom. The van der Waals surface area contributed by atoms with Crippen molar-refractivity contribution in [1.29, 1.82) is 0 Å². The van der Waals surface area contributed by atoms with E-state index in [4.69, 9.17) is 9.47 Å².